The van der Waals surface area contributed by atoms with Crippen molar-refractivity contribution in [2.24, 2.45) is 5.14 Å². The van der Waals surface area contributed by atoms with Gasteiger partial charge in [0.25, 0.3) is 0 Å². The van der Waals surface area contributed by atoms with Gasteiger partial charge in [-0.1, -0.05) is 29.8 Å². The highest BCUT2D eigenvalue weighted by Gasteiger charge is 2.20. The summed E-state index contributed by atoms with van der Waals surface area (Å²) >= 11 is 0.621. The fourth-order valence-corrected chi connectivity index (χ4v) is 4.81. The number of thiophene rings is 1. The molecule has 1 heterocycles. The van der Waals surface area contributed by atoms with E-state index in [0.29, 0.717) is 11.3 Å². The summed E-state index contributed by atoms with van der Waals surface area (Å²) < 4.78 is 48.6. The van der Waals surface area contributed by atoms with E-state index in [1.807, 2.05) is 31.2 Å². The van der Waals surface area contributed by atoms with Crippen LogP contribution in [0, 0.1) is 6.92 Å². The average Bonchev–Trinajstić information content (AvgIpc) is 2.88. The van der Waals surface area contributed by atoms with Crippen LogP contribution >= 0.6 is 11.3 Å². The molecule has 0 bridgehead atoms. The van der Waals surface area contributed by atoms with Crippen molar-refractivity contribution in [2.75, 3.05) is 0 Å². The molecule has 0 radical (unpaired) electrons. The van der Waals surface area contributed by atoms with Gasteiger partial charge in [-0.3, -0.25) is 0 Å². The first-order valence-corrected chi connectivity index (χ1v) is 9.71. The van der Waals surface area contributed by atoms with E-state index in [-0.39, 0.29) is 15.0 Å². The minimum Gasteiger partial charge on any atom is -0.224 e. The Balaban J connectivity index is 2.15. The second-order valence-corrected chi connectivity index (χ2v) is 9.29. The van der Waals surface area contributed by atoms with Crippen molar-refractivity contribution >= 4 is 31.4 Å². The fraction of sp³-hybridized carbons (Fsp3) is 0.167. The topological polar surface area (TPSA) is 106 Å². The Morgan fingerprint density at radius 1 is 1.00 bits per heavy atom. The normalized spacial score (nSPS) is 12.5. The van der Waals surface area contributed by atoms with E-state index < -0.39 is 20.0 Å². The molecule has 0 fully saturated rings. The van der Waals surface area contributed by atoms with E-state index in [1.54, 1.807) is 0 Å². The molecule has 0 atom stereocenters. The van der Waals surface area contributed by atoms with E-state index in [2.05, 4.69) is 4.72 Å². The van der Waals surface area contributed by atoms with Gasteiger partial charge in [0.1, 0.15) is 8.42 Å². The maximum absolute atomic E-state index is 12.1. The first-order chi connectivity index (χ1) is 9.68. The molecule has 21 heavy (non-hydrogen) atoms. The molecule has 2 rings (SSSR count). The Hall–Kier alpha value is -1.26. The first kappa shape index (κ1) is 16.1. The van der Waals surface area contributed by atoms with Crippen LogP contribution in [0.25, 0.3) is 0 Å². The van der Waals surface area contributed by atoms with Crippen LogP contribution in [0.1, 0.15) is 11.1 Å². The van der Waals surface area contributed by atoms with E-state index in [1.165, 1.54) is 12.1 Å². The van der Waals surface area contributed by atoms with E-state index >= 15 is 0 Å². The summed E-state index contributed by atoms with van der Waals surface area (Å²) in [6.07, 6.45) is 0. The molecule has 0 spiro atoms. The third kappa shape index (κ3) is 4.11. The zero-order valence-electron chi connectivity index (χ0n) is 11.1. The highest BCUT2D eigenvalue weighted by atomic mass is 32.3. The summed E-state index contributed by atoms with van der Waals surface area (Å²) in [5, 5.41) is 4.96. The van der Waals surface area contributed by atoms with Gasteiger partial charge in [0, 0.05) is 6.54 Å². The monoisotopic (exact) mass is 346 g/mol. The Labute approximate surface area is 127 Å². The highest BCUT2D eigenvalue weighted by molar-refractivity contribution is 7.94. The largest absolute Gasteiger partial charge is 0.250 e. The van der Waals surface area contributed by atoms with Gasteiger partial charge in [0.05, 0.1) is 0 Å². The summed E-state index contributed by atoms with van der Waals surface area (Å²) in [5.41, 5.74) is 1.89. The third-order valence-electron chi connectivity index (χ3n) is 2.69. The summed E-state index contributed by atoms with van der Waals surface area (Å²) in [6.45, 7) is 2.07. The van der Waals surface area contributed by atoms with Crippen molar-refractivity contribution in [3.8, 4) is 0 Å². The smallest absolute Gasteiger partial charge is 0.224 e. The zero-order valence-corrected chi connectivity index (χ0v) is 13.6. The number of benzene rings is 1. The SMILES string of the molecule is Cc1ccc(CNS(=O)(=O)c2ccc(S(N)(=O)=O)s2)cc1. The standard InChI is InChI=1S/C12H14N2O4S3/c1-9-2-4-10(5-3-9)8-14-21(17,18)12-7-6-11(19-12)20(13,15)16/h2-7,14H,8H2,1H3,(H2,13,15,16). The highest BCUT2D eigenvalue weighted by Crippen LogP contribution is 2.24. The van der Waals surface area contributed by atoms with Crippen molar-refractivity contribution in [1.82, 2.24) is 4.72 Å². The number of hydrogen-bond donors (Lipinski definition) is 2. The van der Waals surface area contributed by atoms with Crippen molar-refractivity contribution < 1.29 is 16.8 Å². The zero-order chi connectivity index (χ0) is 15.7. The first-order valence-electron chi connectivity index (χ1n) is 5.86. The van der Waals surface area contributed by atoms with Crippen LogP contribution in [0.3, 0.4) is 0 Å². The summed E-state index contributed by atoms with van der Waals surface area (Å²) in [4.78, 5) is 0. The van der Waals surface area contributed by atoms with Crippen LogP contribution < -0.4 is 9.86 Å². The molecular weight excluding hydrogens is 332 g/mol. The van der Waals surface area contributed by atoms with E-state index in [4.69, 9.17) is 5.14 Å². The minimum absolute atomic E-state index is 0.0846. The van der Waals surface area contributed by atoms with Crippen LogP contribution in [0.5, 0.6) is 0 Å². The number of nitrogens with two attached hydrogens (primary N) is 1. The molecule has 0 aliphatic carbocycles. The van der Waals surface area contributed by atoms with Crippen LogP contribution in [0.2, 0.25) is 0 Å². The van der Waals surface area contributed by atoms with Crippen molar-refractivity contribution in [1.29, 1.82) is 0 Å². The van der Waals surface area contributed by atoms with Crippen LogP contribution in [0.15, 0.2) is 44.8 Å². The molecule has 9 heteroatoms. The van der Waals surface area contributed by atoms with Crippen molar-refractivity contribution in [3.05, 3.63) is 47.5 Å². The Kier molecular flexibility index (Phi) is 4.49. The van der Waals surface area contributed by atoms with Gasteiger partial charge in [-0.25, -0.2) is 26.7 Å². The average molecular weight is 346 g/mol. The van der Waals surface area contributed by atoms with Gasteiger partial charge in [0.15, 0.2) is 0 Å². The molecule has 114 valence electrons. The molecule has 1 aromatic heterocycles. The number of nitrogens with one attached hydrogen (secondary N) is 1. The molecule has 2 aromatic rings. The van der Waals surface area contributed by atoms with Crippen molar-refractivity contribution in [3.63, 3.8) is 0 Å². The summed E-state index contributed by atoms with van der Waals surface area (Å²) in [7, 11) is -7.65. The maximum Gasteiger partial charge on any atom is 0.250 e. The van der Waals surface area contributed by atoms with E-state index in [9.17, 15) is 16.8 Å². The summed E-state index contributed by atoms with van der Waals surface area (Å²) in [5.74, 6) is 0. The predicted octanol–water partition coefficient (Wildman–Crippen LogP) is 1.18. The molecule has 0 aliphatic heterocycles. The van der Waals surface area contributed by atoms with Crippen LogP contribution in [0.4, 0.5) is 0 Å². The Morgan fingerprint density at radius 2 is 1.57 bits per heavy atom. The molecule has 0 unspecified atom stereocenters. The Bertz CT molecular complexity index is 837. The van der Waals surface area contributed by atoms with E-state index in [0.717, 1.165) is 11.1 Å². The van der Waals surface area contributed by atoms with Crippen LogP contribution in [-0.4, -0.2) is 16.8 Å². The number of rotatable bonds is 5. The molecule has 0 amide bonds. The lowest BCUT2D eigenvalue weighted by Crippen LogP contribution is -2.22. The lowest BCUT2D eigenvalue weighted by molar-refractivity contribution is 0.583. The second kappa shape index (κ2) is 5.85. The lowest BCUT2D eigenvalue weighted by atomic mass is 10.2. The molecule has 0 saturated carbocycles. The summed E-state index contributed by atoms with van der Waals surface area (Å²) in [6, 6.07) is 9.81. The number of hydrogen-bond acceptors (Lipinski definition) is 5. The van der Waals surface area contributed by atoms with Gasteiger partial charge >= 0.3 is 0 Å². The minimum atomic E-state index is -3.89. The van der Waals surface area contributed by atoms with Gasteiger partial charge < -0.3 is 0 Å². The predicted molar refractivity (Wildman–Crippen MR) is 80.9 cm³/mol. The fourth-order valence-electron chi connectivity index (χ4n) is 1.56. The number of aryl methyl sites for hydroxylation is 1. The second-order valence-electron chi connectivity index (χ2n) is 4.43. The quantitative estimate of drug-likeness (QED) is 0.848. The van der Waals surface area contributed by atoms with Crippen molar-refractivity contribution in [2.45, 2.75) is 21.9 Å². The van der Waals surface area contributed by atoms with Gasteiger partial charge in [-0.2, -0.15) is 0 Å². The molecule has 6 nitrogen and oxygen atoms in total. The van der Waals surface area contributed by atoms with Gasteiger partial charge in [-0.15, -0.1) is 11.3 Å². The van der Waals surface area contributed by atoms with Gasteiger partial charge in [-0.05, 0) is 24.6 Å². The number of sulfonamides is 2. The molecular formula is C12H14N2O4S3. The maximum atomic E-state index is 12.1. The number of primary sulfonamides is 1. The van der Waals surface area contributed by atoms with Crippen LogP contribution in [-0.2, 0) is 26.6 Å². The third-order valence-corrected chi connectivity index (χ3v) is 7.11. The molecule has 3 N–H and O–H groups in total. The molecule has 1 aromatic carbocycles. The molecule has 0 aliphatic rings. The lowest BCUT2D eigenvalue weighted by Gasteiger charge is -2.05. The Morgan fingerprint density at radius 3 is 2.10 bits per heavy atom. The van der Waals surface area contributed by atoms with Gasteiger partial charge in [0.2, 0.25) is 20.0 Å². The molecule has 0 saturated heterocycles.